The highest BCUT2D eigenvalue weighted by molar-refractivity contribution is 7.12. The van der Waals surface area contributed by atoms with Gasteiger partial charge in [0.15, 0.2) is 0 Å². The smallest absolute Gasteiger partial charge is 0.319 e. The second kappa shape index (κ2) is 7.81. The molecule has 0 aliphatic rings. The van der Waals surface area contributed by atoms with Gasteiger partial charge in [0.05, 0.1) is 17.3 Å². The zero-order valence-corrected chi connectivity index (χ0v) is 14.9. The molecule has 4 nitrogen and oxygen atoms in total. The van der Waals surface area contributed by atoms with E-state index in [1.54, 1.807) is 24.3 Å². The molecule has 2 heterocycles. The van der Waals surface area contributed by atoms with E-state index >= 15 is 0 Å². The van der Waals surface area contributed by atoms with Gasteiger partial charge in [-0.2, -0.15) is 0 Å². The predicted molar refractivity (Wildman–Crippen MR) is 100 cm³/mol. The zero-order chi connectivity index (χ0) is 16.9. The molecule has 1 aromatic carbocycles. The number of urea groups is 1. The molecule has 0 saturated heterocycles. The summed E-state index contributed by atoms with van der Waals surface area (Å²) < 4.78 is 0. The van der Waals surface area contributed by atoms with Gasteiger partial charge < -0.3 is 15.7 Å². The normalized spacial score (nSPS) is 11.9. The molecular formula is C17H15ClN2O2S2. The third kappa shape index (κ3) is 4.15. The highest BCUT2D eigenvalue weighted by atomic mass is 35.5. The van der Waals surface area contributed by atoms with Gasteiger partial charge in [0, 0.05) is 14.6 Å². The number of anilines is 1. The van der Waals surface area contributed by atoms with Crippen molar-refractivity contribution in [3.05, 3.63) is 73.6 Å². The van der Waals surface area contributed by atoms with Gasteiger partial charge in [-0.05, 0) is 35.7 Å². The van der Waals surface area contributed by atoms with Crippen molar-refractivity contribution < 1.29 is 9.90 Å². The van der Waals surface area contributed by atoms with Gasteiger partial charge in [0.2, 0.25) is 0 Å². The minimum absolute atomic E-state index is 0.322. The number of benzene rings is 1. The number of rotatable bonds is 5. The van der Waals surface area contributed by atoms with Crippen LogP contribution < -0.4 is 10.6 Å². The average molecular weight is 379 g/mol. The fourth-order valence-corrected chi connectivity index (χ4v) is 4.06. The Labute approximate surface area is 152 Å². The van der Waals surface area contributed by atoms with Crippen LogP contribution in [-0.4, -0.2) is 11.1 Å². The first-order chi connectivity index (χ1) is 11.6. The second-order valence-electron chi connectivity index (χ2n) is 5.01. The molecule has 3 N–H and O–H groups in total. The van der Waals surface area contributed by atoms with E-state index < -0.39 is 6.10 Å². The molecule has 0 aliphatic carbocycles. The molecule has 0 fully saturated rings. The minimum Gasteiger partial charge on any atom is -0.382 e. The summed E-state index contributed by atoms with van der Waals surface area (Å²) in [6.45, 7) is 0.387. The van der Waals surface area contributed by atoms with E-state index in [-0.39, 0.29) is 6.03 Å². The molecule has 0 spiro atoms. The van der Waals surface area contributed by atoms with Crippen LogP contribution in [0.25, 0.3) is 0 Å². The summed E-state index contributed by atoms with van der Waals surface area (Å²) in [6, 6.07) is 14.4. The number of halogens is 1. The Bertz CT molecular complexity index is 818. The lowest BCUT2D eigenvalue weighted by molar-refractivity contribution is 0.228. The van der Waals surface area contributed by atoms with Gasteiger partial charge in [-0.1, -0.05) is 29.8 Å². The van der Waals surface area contributed by atoms with Crippen molar-refractivity contribution in [2.24, 2.45) is 0 Å². The Morgan fingerprint density at radius 1 is 1.12 bits per heavy atom. The molecule has 0 radical (unpaired) electrons. The van der Waals surface area contributed by atoms with E-state index in [2.05, 4.69) is 10.6 Å². The molecule has 0 bridgehead atoms. The summed E-state index contributed by atoms with van der Waals surface area (Å²) in [5, 5.41) is 18.2. The number of hydrogen-bond donors (Lipinski definition) is 3. The van der Waals surface area contributed by atoms with Crippen molar-refractivity contribution in [3.63, 3.8) is 0 Å². The summed E-state index contributed by atoms with van der Waals surface area (Å²) in [7, 11) is 0. The van der Waals surface area contributed by atoms with Gasteiger partial charge in [-0.15, -0.1) is 22.7 Å². The SMILES string of the molecule is O=C(NCc1ccc(C(O)c2cccs2)s1)Nc1ccccc1Cl. The highest BCUT2D eigenvalue weighted by Crippen LogP contribution is 2.30. The molecule has 124 valence electrons. The maximum absolute atomic E-state index is 11.9. The number of aliphatic hydroxyl groups is 1. The Kier molecular flexibility index (Phi) is 5.52. The predicted octanol–water partition coefficient (Wildman–Crippen LogP) is 4.87. The Morgan fingerprint density at radius 2 is 1.96 bits per heavy atom. The van der Waals surface area contributed by atoms with Crippen molar-refractivity contribution in [3.8, 4) is 0 Å². The van der Waals surface area contributed by atoms with Crippen molar-refractivity contribution in [1.29, 1.82) is 0 Å². The highest BCUT2D eigenvalue weighted by Gasteiger charge is 2.14. The first kappa shape index (κ1) is 17.0. The molecule has 2 aromatic heterocycles. The van der Waals surface area contributed by atoms with E-state index in [0.29, 0.717) is 17.3 Å². The van der Waals surface area contributed by atoms with Gasteiger partial charge >= 0.3 is 6.03 Å². The van der Waals surface area contributed by atoms with E-state index in [1.165, 1.54) is 22.7 Å². The molecule has 7 heteroatoms. The summed E-state index contributed by atoms with van der Waals surface area (Å²) in [5.74, 6) is 0. The van der Waals surface area contributed by atoms with Crippen LogP contribution in [0.3, 0.4) is 0 Å². The van der Waals surface area contributed by atoms with Crippen LogP contribution in [0, 0.1) is 0 Å². The molecule has 0 aliphatic heterocycles. The fraction of sp³-hybridized carbons (Fsp3) is 0.118. The third-order valence-electron chi connectivity index (χ3n) is 3.31. The fourth-order valence-electron chi connectivity index (χ4n) is 2.12. The number of para-hydroxylation sites is 1. The lowest BCUT2D eigenvalue weighted by Gasteiger charge is -2.08. The summed E-state index contributed by atoms with van der Waals surface area (Å²) >= 11 is 9.00. The minimum atomic E-state index is -0.610. The maximum atomic E-state index is 11.9. The standard InChI is InChI=1S/C17H15ClN2O2S2/c18-12-4-1-2-5-13(12)20-17(22)19-10-11-7-8-15(24-11)16(21)14-6-3-9-23-14/h1-9,16,21H,10H2,(H2,19,20,22). The first-order valence-corrected chi connectivity index (χ1v) is 9.30. The number of thiophene rings is 2. The summed E-state index contributed by atoms with van der Waals surface area (Å²) in [4.78, 5) is 14.7. The van der Waals surface area contributed by atoms with E-state index in [4.69, 9.17) is 11.6 Å². The Balaban J connectivity index is 1.55. The lowest BCUT2D eigenvalue weighted by Crippen LogP contribution is -2.27. The van der Waals surface area contributed by atoms with E-state index in [0.717, 1.165) is 14.6 Å². The molecule has 2 amide bonds. The van der Waals surface area contributed by atoms with Crippen molar-refractivity contribution >= 4 is 46.0 Å². The molecule has 1 atom stereocenters. The molecule has 3 rings (SSSR count). The zero-order valence-electron chi connectivity index (χ0n) is 12.5. The van der Waals surface area contributed by atoms with Crippen molar-refractivity contribution in [2.75, 3.05) is 5.32 Å². The Morgan fingerprint density at radius 3 is 2.71 bits per heavy atom. The molecular weight excluding hydrogens is 364 g/mol. The van der Waals surface area contributed by atoms with Crippen LogP contribution in [-0.2, 0) is 6.54 Å². The summed E-state index contributed by atoms with van der Waals surface area (Å²) in [5.41, 5.74) is 0.566. The van der Waals surface area contributed by atoms with Crippen LogP contribution in [0.1, 0.15) is 20.7 Å². The maximum Gasteiger partial charge on any atom is 0.319 e. The number of carbonyl (C=O) groups is 1. The van der Waals surface area contributed by atoms with Crippen molar-refractivity contribution in [2.45, 2.75) is 12.6 Å². The van der Waals surface area contributed by atoms with Crippen LogP contribution in [0.2, 0.25) is 5.02 Å². The topological polar surface area (TPSA) is 61.4 Å². The molecule has 0 saturated carbocycles. The van der Waals surface area contributed by atoms with Crippen LogP contribution in [0.5, 0.6) is 0 Å². The number of carbonyl (C=O) groups excluding carboxylic acids is 1. The van der Waals surface area contributed by atoms with Crippen LogP contribution in [0.15, 0.2) is 53.9 Å². The number of amides is 2. The first-order valence-electron chi connectivity index (χ1n) is 7.23. The van der Waals surface area contributed by atoms with Crippen LogP contribution >= 0.6 is 34.3 Å². The summed E-state index contributed by atoms with van der Waals surface area (Å²) in [6.07, 6.45) is -0.610. The van der Waals surface area contributed by atoms with Gasteiger partial charge in [0.1, 0.15) is 6.10 Å². The number of nitrogens with one attached hydrogen (secondary N) is 2. The quantitative estimate of drug-likeness (QED) is 0.593. The van der Waals surface area contributed by atoms with Gasteiger partial charge in [-0.3, -0.25) is 0 Å². The second-order valence-corrected chi connectivity index (χ2v) is 7.60. The average Bonchev–Trinajstić information content (AvgIpc) is 3.26. The number of aliphatic hydroxyl groups excluding tert-OH is 1. The molecule has 24 heavy (non-hydrogen) atoms. The van der Waals surface area contributed by atoms with E-state index in [9.17, 15) is 9.90 Å². The Hall–Kier alpha value is -1.86. The van der Waals surface area contributed by atoms with Gasteiger partial charge in [0.25, 0.3) is 0 Å². The molecule has 3 aromatic rings. The van der Waals surface area contributed by atoms with E-state index in [1.807, 2.05) is 29.6 Å². The third-order valence-corrected chi connectivity index (χ3v) is 5.70. The van der Waals surface area contributed by atoms with Crippen LogP contribution in [0.4, 0.5) is 10.5 Å². The monoisotopic (exact) mass is 378 g/mol. The number of hydrogen-bond acceptors (Lipinski definition) is 4. The molecule has 1 unspecified atom stereocenters. The lowest BCUT2D eigenvalue weighted by atomic mass is 10.2. The largest absolute Gasteiger partial charge is 0.382 e. The van der Waals surface area contributed by atoms with Gasteiger partial charge in [-0.25, -0.2) is 4.79 Å². The van der Waals surface area contributed by atoms with Crippen molar-refractivity contribution in [1.82, 2.24) is 5.32 Å².